The van der Waals surface area contributed by atoms with Crippen molar-refractivity contribution in [3.63, 3.8) is 0 Å². The van der Waals surface area contributed by atoms with E-state index in [0.29, 0.717) is 6.54 Å². The van der Waals surface area contributed by atoms with Crippen molar-refractivity contribution >= 4 is 0 Å². The van der Waals surface area contributed by atoms with Crippen molar-refractivity contribution in [3.8, 4) is 0 Å². The fourth-order valence-electron chi connectivity index (χ4n) is 2.09. The van der Waals surface area contributed by atoms with Gasteiger partial charge in [-0.2, -0.15) is 0 Å². The third-order valence-electron chi connectivity index (χ3n) is 2.82. The van der Waals surface area contributed by atoms with Gasteiger partial charge in [-0.15, -0.1) is 5.01 Å². The molecule has 1 radical (unpaired) electrons. The summed E-state index contributed by atoms with van der Waals surface area (Å²) in [4.78, 5) is 12.9. The van der Waals surface area contributed by atoms with E-state index in [0.717, 1.165) is 32.6 Å². The molecule has 0 amide bonds. The number of hydrazine groups is 1. The van der Waals surface area contributed by atoms with Crippen LogP contribution in [0.3, 0.4) is 0 Å². The van der Waals surface area contributed by atoms with E-state index < -0.39 is 0 Å². The molecule has 2 saturated heterocycles. The van der Waals surface area contributed by atoms with E-state index in [9.17, 15) is 10.1 Å². The van der Waals surface area contributed by atoms with Crippen molar-refractivity contribution in [3.05, 3.63) is 16.5 Å². The van der Waals surface area contributed by atoms with Gasteiger partial charge in [-0.3, -0.25) is 4.90 Å². The topological polar surface area (TPSA) is 61.7 Å². The smallest absolute Gasteiger partial charge is 0.161 e. The maximum Gasteiger partial charge on any atom is 0.161 e. The minimum Gasteiger partial charge on any atom is -0.314 e. The molecule has 1 N–H and O–H groups in total. The lowest BCUT2D eigenvalue weighted by Gasteiger charge is -2.33. The lowest BCUT2D eigenvalue weighted by Crippen LogP contribution is -2.54. The van der Waals surface area contributed by atoms with E-state index >= 15 is 0 Å². The van der Waals surface area contributed by atoms with Crippen LogP contribution in [-0.2, 0) is 0 Å². The first-order valence-electron chi connectivity index (χ1n) is 4.96. The van der Waals surface area contributed by atoms with E-state index in [1.54, 1.807) is 0 Å². The molecule has 2 heterocycles. The Hall–Kier alpha value is -0.880. The summed E-state index contributed by atoms with van der Waals surface area (Å²) in [5.74, 6) is 0. The largest absolute Gasteiger partial charge is 0.314 e. The molecule has 2 aliphatic rings. The first-order chi connectivity index (χ1) is 6.79. The quantitative estimate of drug-likeness (QED) is 0.471. The van der Waals surface area contributed by atoms with Crippen LogP contribution in [0.1, 0.15) is 6.42 Å². The fraction of sp³-hybridized carbons (Fsp3) is 0.875. The molecule has 0 saturated carbocycles. The maximum absolute atomic E-state index is 10.7. The number of nitrogens with zero attached hydrogens (tertiary/aromatic N) is 3. The molecule has 14 heavy (non-hydrogen) atoms. The Labute approximate surface area is 83.0 Å². The van der Waals surface area contributed by atoms with Crippen molar-refractivity contribution in [1.82, 2.24) is 15.2 Å². The highest BCUT2D eigenvalue weighted by Crippen LogP contribution is 2.19. The van der Waals surface area contributed by atoms with Crippen molar-refractivity contribution in [2.45, 2.75) is 12.6 Å². The second kappa shape index (κ2) is 4.10. The van der Waals surface area contributed by atoms with Crippen LogP contribution >= 0.6 is 0 Å². The summed E-state index contributed by atoms with van der Waals surface area (Å²) >= 11 is 0. The average Bonchev–Trinajstić information content (AvgIpc) is 2.67. The van der Waals surface area contributed by atoms with Crippen molar-refractivity contribution in [2.75, 3.05) is 32.7 Å². The first kappa shape index (κ1) is 9.67. The van der Waals surface area contributed by atoms with Crippen LogP contribution in [0.2, 0.25) is 0 Å². The molecule has 2 aliphatic heterocycles. The summed E-state index contributed by atoms with van der Waals surface area (Å²) in [6, 6.07) is 0. The Morgan fingerprint density at radius 3 is 2.79 bits per heavy atom. The standard InChI is InChI=1S/C8H15N4O2/c13-12(14)11-5-1-2-8(11)10-6-3-9-4-7-10/h1,8-9H,2-7H2. The van der Waals surface area contributed by atoms with Gasteiger partial charge in [-0.05, 0) is 12.8 Å². The normalized spacial score (nSPS) is 29.4. The number of rotatable bonds is 2. The molecule has 1 atom stereocenters. The van der Waals surface area contributed by atoms with E-state index in [1.807, 2.05) is 6.42 Å². The van der Waals surface area contributed by atoms with Crippen LogP contribution in [0.15, 0.2) is 0 Å². The third-order valence-corrected chi connectivity index (χ3v) is 2.82. The second-order valence-electron chi connectivity index (χ2n) is 3.65. The Bertz CT molecular complexity index is 217. The molecule has 0 bridgehead atoms. The molecule has 0 aromatic carbocycles. The molecule has 0 spiro atoms. The zero-order chi connectivity index (χ0) is 9.97. The number of piperazine rings is 1. The summed E-state index contributed by atoms with van der Waals surface area (Å²) in [6.45, 7) is 4.15. The number of nitro groups is 1. The van der Waals surface area contributed by atoms with E-state index in [1.165, 1.54) is 5.01 Å². The maximum atomic E-state index is 10.7. The Morgan fingerprint density at radius 1 is 1.43 bits per heavy atom. The van der Waals surface area contributed by atoms with Crippen LogP contribution in [0.25, 0.3) is 0 Å². The summed E-state index contributed by atoms with van der Waals surface area (Å²) < 4.78 is 0. The van der Waals surface area contributed by atoms with Gasteiger partial charge in [0.2, 0.25) is 0 Å². The molecule has 6 heteroatoms. The van der Waals surface area contributed by atoms with Crippen LogP contribution in [0.4, 0.5) is 0 Å². The monoisotopic (exact) mass is 199 g/mol. The van der Waals surface area contributed by atoms with E-state index in [4.69, 9.17) is 0 Å². The highest BCUT2D eigenvalue weighted by Gasteiger charge is 2.36. The van der Waals surface area contributed by atoms with Crippen LogP contribution in [0, 0.1) is 16.5 Å². The Morgan fingerprint density at radius 2 is 2.14 bits per heavy atom. The van der Waals surface area contributed by atoms with Crippen LogP contribution < -0.4 is 5.32 Å². The molecule has 1 unspecified atom stereocenters. The zero-order valence-corrected chi connectivity index (χ0v) is 8.06. The molecule has 0 aromatic rings. The number of hydrogen-bond acceptors (Lipinski definition) is 4. The van der Waals surface area contributed by atoms with Crippen molar-refractivity contribution < 1.29 is 5.03 Å². The summed E-state index contributed by atoms with van der Waals surface area (Å²) in [6.07, 6.45) is 2.77. The second-order valence-corrected chi connectivity index (χ2v) is 3.65. The van der Waals surface area contributed by atoms with Gasteiger partial charge in [0.15, 0.2) is 5.03 Å². The summed E-state index contributed by atoms with van der Waals surface area (Å²) in [7, 11) is 0. The van der Waals surface area contributed by atoms with Gasteiger partial charge >= 0.3 is 0 Å². The van der Waals surface area contributed by atoms with Gasteiger partial charge in [0, 0.05) is 26.2 Å². The lowest BCUT2D eigenvalue weighted by atomic mass is 10.2. The Kier molecular flexibility index (Phi) is 2.83. The molecule has 2 fully saturated rings. The zero-order valence-electron chi connectivity index (χ0n) is 8.06. The molecule has 6 nitrogen and oxygen atoms in total. The predicted molar refractivity (Wildman–Crippen MR) is 50.8 cm³/mol. The molecule has 2 rings (SSSR count). The molecular formula is C8H15N4O2. The Balaban J connectivity index is 1.97. The molecule has 0 aromatic heterocycles. The molecule has 0 aliphatic carbocycles. The van der Waals surface area contributed by atoms with Gasteiger partial charge in [0.1, 0.15) is 6.17 Å². The average molecular weight is 199 g/mol. The number of hydrogen-bond donors (Lipinski definition) is 1. The van der Waals surface area contributed by atoms with Crippen LogP contribution in [-0.4, -0.2) is 53.8 Å². The van der Waals surface area contributed by atoms with Gasteiger partial charge in [0.25, 0.3) is 0 Å². The first-order valence-corrected chi connectivity index (χ1v) is 4.96. The van der Waals surface area contributed by atoms with Crippen molar-refractivity contribution in [2.24, 2.45) is 0 Å². The molecule has 79 valence electrons. The fourth-order valence-corrected chi connectivity index (χ4v) is 2.09. The van der Waals surface area contributed by atoms with Gasteiger partial charge in [-0.1, -0.05) is 0 Å². The van der Waals surface area contributed by atoms with E-state index in [-0.39, 0.29) is 11.2 Å². The highest BCUT2D eigenvalue weighted by molar-refractivity contribution is 4.87. The lowest BCUT2D eigenvalue weighted by molar-refractivity contribution is -0.664. The minimum atomic E-state index is -0.282. The summed E-state index contributed by atoms with van der Waals surface area (Å²) in [5, 5.41) is 15.0. The van der Waals surface area contributed by atoms with Gasteiger partial charge in [0.05, 0.1) is 6.54 Å². The van der Waals surface area contributed by atoms with Gasteiger partial charge < -0.3 is 5.32 Å². The van der Waals surface area contributed by atoms with Gasteiger partial charge in [-0.25, -0.2) is 10.1 Å². The predicted octanol–water partition coefficient (Wildman–Crippen LogP) is -0.681. The molecular weight excluding hydrogens is 184 g/mol. The minimum absolute atomic E-state index is 0.0212. The van der Waals surface area contributed by atoms with E-state index in [2.05, 4.69) is 10.2 Å². The van der Waals surface area contributed by atoms with Crippen molar-refractivity contribution in [1.29, 1.82) is 0 Å². The highest BCUT2D eigenvalue weighted by atomic mass is 16.7. The SMILES string of the molecule is O=[N+]([O-])N1C[CH]CC1N1CCNCC1. The van der Waals surface area contributed by atoms with Crippen LogP contribution in [0.5, 0.6) is 0 Å². The third kappa shape index (κ3) is 1.80. The summed E-state index contributed by atoms with van der Waals surface area (Å²) in [5.41, 5.74) is 0. The number of nitrogens with one attached hydrogen (secondary N) is 1.